The lowest BCUT2D eigenvalue weighted by molar-refractivity contribution is 0.0697. The largest absolute Gasteiger partial charge is 0.478 e. The Morgan fingerprint density at radius 2 is 1.96 bits per heavy atom. The zero-order valence-electron chi connectivity index (χ0n) is 14.0. The maximum absolute atomic E-state index is 11.0. The lowest BCUT2D eigenvalue weighted by Gasteiger charge is -2.25. The summed E-state index contributed by atoms with van der Waals surface area (Å²) < 4.78 is 2.24. The summed E-state index contributed by atoms with van der Waals surface area (Å²) in [6.45, 7) is 2.88. The van der Waals surface area contributed by atoms with E-state index in [0.717, 1.165) is 30.7 Å². The van der Waals surface area contributed by atoms with Crippen LogP contribution >= 0.6 is 0 Å². The highest BCUT2D eigenvalue weighted by atomic mass is 16.4. The Hall–Kier alpha value is -2.66. The molecule has 1 aliphatic heterocycles. The van der Waals surface area contributed by atoms with Crippen molar-refractivity contribution in [3.63, 3.8) is 0 Å². The molecule has 128 valence electrons. The standard InChI is InChI=1S/C20H21N3O2/c24-20(25)16-9-7-15(8-10-16)12-22-11-3-4-17(22)13-23-14-21-18-5-1-2-6-19(18)23/h1-2,5-10,14,17H,3-4,11-13H2,(H,24,25). The Kier molecular flexibility index (Phi) is 4.24. The molecule has 5 heteroatoms. The van der Waals surface area contributed by atoms with Gasteiger partial charge in [-0.1, -0.05) is 24.3 Å². The van der Waals surface area contributed by atoms with Crippen molar-refractivity contribution >= 4 is 17.0 Å². The summed E-state index contributed by atoms with van der Waals surface area (Å²) in [6.07, 6.45) is 4.31. The summed E-state index contributed by atoms with van der Waals surface area (Å²) in [4.78, 5) is 17.9. The van der Waals surface area contributed by atoms with Gasteiger partial charge in [-0.05, 0) is 49.2 Å². The molecule has 1 fully saturated rings. The number of imidazole rings is 1. The molecule has 2 aromatic carbocycles. The molecule has 0 aliphatic carbocycles. The third-order valence-corrected chi connectivity index (χ3v) is 5.02. The van der Waals surface area contributed by atoms with Gasteiger partial charge in [-0.3, -0.25) is 4.90 Å². The van der Waals surface area contributed by atoms with Crippen molar-refractivity contribution in [2.45, 2.75) is 32.0 Å². The molecule has 5 nitrogen and oxygen atoms in total. The predicted molar refractivity (Wildman–Crippen MR) is 96.6 cm³/mol. The number of likely N-dealkylation sites (tertiary alicyclic amines) is 1. The molecule has 0 bridgehead atoms. The number of para-hydroxylation sites is 2. The second-order valence-corrected chi connectivity index (χ2v) is 6.65. The number of rotatable bonds is 5. The highest BCUT2D eigenvalue weighted by Crippen LogP contribution is 2.23. The minimum Gasteiger partial charge on any atom is -0.478 e. The van der Waals surface area contributed by atoms with Gasteiger partial charge in [0.15, 0.2) is 0 Å². The van der Waals surface area contributed by atoms with Crippen molar-refractivity contribution in [1.29, 1.82) is 0 Å². The lowest BCUT2D eigenvalue weighted by Crippen LogP contribution is -2.32. The second-order valence-electron chi connectivity index (χ2n) is 6.65. The van der Waals surface area contributed by atoms with Gasteiger partial charge < -0.3 is 9.67 Å². The van der Waals surface area contributed by atoms with Crippen molar-refractivity contribution in [2.75, 3.05) is 6.54 Å². The summed E-state index contributed by atoms with van der Waals surface area (Å²) >= 11 is 0. The van der Waals surface area contributed by atoms with Gasteiger partial charge in [0.1, 0.15) is 0 Å². The van der Waals surface area contributed by atoms with Gasteiger partial charge in [-0.2, -0.15) is 0 Å². The van der Waals surface area contributed by atoms with E-state index in [0.29, 0.717) is 11.6 Å². The first kappa shape index (κ1) is 15.8. The molecule has 1 saturated heterocycles. The fourth-order valence-corrected chi connectivity index (χ4v) is 3.68. The second kappa shape index (κ2) is 6.69. The highest BCUT2D eigenvalue weighted by molar-refractivity contribution is 5.87. The van der Waals surface area contributed by atoms with Crippen molar-refractivity contribution in [1.82, 2.24) is 14.5 Å². The number of hydrogen-bond donors (Lipinski definition) is 1. The van der Waals surface area contributed by atoms with Gasteiger partial charge in [0.25, 0.3) is 0 Å². The monoisotopic (exact) mass is 335 g/mol. The van der Waals surface area contributed by atoms with Crippen molar-refractivity contribution in [2.24, 2.45) is 0 Å². The number of hydrogen-bond acceptors (Lipinski definition) is 3. The first-order valence-corrected chi connectivity index (χ1v) is 8.67. The van der Waals surface area contributed by atoms with Crippen molar-refractivity contribution < 1.29 is 9.90 Å². The summed E-state index contributed by atoms with van der Waals surface area (Å²) in [7, 11) is 0. The fraction of sp³-hybridized carbons (Fsp3) is 0.300. The summed E-state index contributed by atoms with van der Waals surface area (Å²) in [5.74, 6) is -0.877. The van der Waals surface area contributed by atoms with Crippen LogP contribution in [0.15, 0.2) is 54.9 Å². The molecule has 0 spiro atoms. The molecular formula is C20H21N3O2. The van der Waals surface area contributed by atoms with E-state index >= 15 is 0 Å². The minimum atomic E-state index is -0.877. The van der Waals surface area contributed by atoms with Gasteiger partial charge >= 0.3 is 5.97 Å². The zero-order valence-corrected chi connectivity index (χ0v) is 14.0. The van der Waals surface area contributed by atoms with Crippen LogP contribution in [0, 0.1) is 0 Å². The van der Waals surface area contributed by atoms with E-state index in [1.807, 2.05) is 30.6 Å². The van der Waals surface area contributed by atoms with Crippen LogP contribution in [0.4, 0.5) is 0 Å². The predicted octanol–water partition coefficient (Wildman–Crippen LogP) is 3.40. The quantitative estimate of drug-likeness (QED) is 0.776. The maximum Gasteiger partial charge on any atom is 0.335 e. The Morgan fingerprint density at radius 1 is 1.16 bits per heavy atom. The molecule has 3 aromatic rings. The SMILES string of the molecule is O=C(O)c1ccc(CN2CCCC2Cn2cnc3ccccc32)cc1. The highest BCUT2D eigenvalue weighted by Gasteiger charge is 2.25. The average Bonchev–Trinajstić information content (AvgIpc) is 3.23. The number of carboxylic acids is 1. The van der Waals surface area contributed by atoms with Gasteiger partial charge in [0, 0.05) is 19.1 Å². The number of fused-ring (bicyclic) bond motifs is 1. The number of aromatic nitrogens is 2. The molecule has 25 heavy (non-hydrogen) atoms. The molecule has 4 rings (SSSR count). The van der Waals surface area contributed by atoms with E-state index in [1.54, 1.807) is 12.1 Å². The summed E-state index contributed by atoms with van der Waals surface area (Å²) in [6, 6.07) is 15.9. The smallest absolute Gasteiger partial charge is 0.335 e. The van der Waals surface area contributed by atoms with Gasteiger partial charge in [-0.15, -0.1) is 0 Å². The van der Waals surface area contributed by atoms with E-state index in [9.17, 15) is 4.79 Å². The normalized spacial score (nSPS) is 18.0. The summed E-state index contributed by atoms with van der Waals surface area (Å²) in [5, 5.41) is 9.01. The van der Waals surface area contributed by atoms with Crippen LogP contribution in [0.1, 0.15) is 28.8 Å². The van der Waals surface area contributed by atoms with Crippen LogP contribution in [-0.2, 0) is 13.1 Å². The fourth-order valence-electron chi connectivity index (χ4n) is 3.68. The van der Waals surface area contributed by atoms with Crippen LogP contribution in [0.5, 0.6) is 0 Å². The van der Waals surface area contributed by atoms with Crippen LogP contribution < -0.4 is 0 Å². The number of aromatic carboxylic acids is 1. The van der Waals surface area contributed by atoms with Crippen LogP contribution in [-0.4, -0.2) is 38.1 Å². The molecular weight excluding hydrogens is 314 g/mol. The third kappa shape index (κ3) is 3.28. The maximum atomic E-state index is 11.0. The number of benzene rings is 2. The molecule has 1 unspecified atom stereocenters. The molecule has 1 aliphatic rings. The number of nitrogens with zero attached hydrogens (tertiary/aromatic N) is 3. The van der Waals surface area contributed by atoms with E-state index in [1.165, 1.54) is 18.4 Å². The third-order valence-electron chi connectivity index (χ3n) is 5.02. The van der Waals surface area contributed by atoms with Crippen LogP contribution in [0.2, 0.25) is 0 Å². The topological polar surface area (TPSA) is 58.4 Å². The zero-order chi connectivity index (χ0) is 17.2. The van der Waals surface area contributed by atoms with E-state index in [4.69, 9.17) is 5.11 Å². The molecule has 0 amide bonds. The summed E-state index contributed by atoms with van der Waals surface area (Å²) in [5.41, 5.74) is 3.72. The Labute approximate surface area is 146 Å². The Balaban J connectivity index is 1.48. The number of carboxylic acid groups (broad SMARTS) is 1. The van der Waals surface area contributed by atoms with Gasteiger partial charge in [-0.25, -0.2) is 9.78 Å². The van der Waals surface area contributed by atoms with E-state index < -0.39 is 5.97 Å². The number of carbonyl (C=O) groups is 1. The van der Waals surface area contributed by atoms with Crippen LogP contribution in [0.25, 0.3) is 11.0 Å². The minimum absolute atomic E-state index is 0.339. The molecule has 1 N–H and O–H groups in total. The van der Waals surface area contributed by atoms with Crippen molar-refractivity contribution in [3.05, 3.63) is 66.0 Å². The van der Waals surface area contributed by atoms with Crippen LogP contribution in [0.3, 0.4) is 0 Å². The molecule has 1 atom stereocenters. The first-order valence-electron chi connectivity index (χ1n) is 8.67. The first-order chi connectivity index (χ1) is 12.2. The molecule has 0 radical (unpaired) electrons. The van der Waals surface area contributed by atoms with Gasteiger partial charge in [0.05, 0.1) is 22.9 Å². The van der Waals surface area contributed by atoms with E-state index in [2.05, 4.69) is 26.6 Å². The molecule has 1 aromatic heterocycles. The van der Waals surface area contributed by atoms with Crippen molar-refractivity contribution in [3.8, 4) is 0 Å². The average molecular weight is 335 g/mol. The molecule has 2 heterocycles. The molecule has 0 saturated carbocycles. The van der Waals surface area contributed by atoms with E-state index in [-0.39, 0.29) is 0 Å². The van der Waals surface area contributed by atoms with Gasteiger partial charge in [0.2, 0.25) is 0 Å². The Morgan fingerprint density at radius 3 is 2.76 bits per heavy atom. The lowest BCUT2D eigenvalue weighted by atomic mass is 10.1. The Bertz CT molecular complexity index is 885.